The topological polar surface area (TPSA) is 38.3 Å². The number of amides is 1. The molecule has 0 heterocycles. The molecule has 1 amide bonds. The van der Waals surface area contributed by atoms with Gasteiger partial charge in [-0.2, -0.15) is 0 Å². The van der Waals surface area contributed by atoms with Crippen LogP contribution in [0, 0.1) is 0 Å². The molecule has 0 rings (SSSR count). The summed E-state index contributed by atoms with van der Waals surface area (Å²) < 4.78 is 0. The van der Waals surface area contributed by atoms with Crippen molar-refractivity contribution in [2.24, 2.45) is 0 Å². The fraction of sp³-hybridized carbons (Fsp3) is 0.400. The normalized spacial score (nSPS) is 9.62. The zero-order chi connectivity index (χ0) is 6.24. The van der Waals surface area contributed by atoms with Crippen molar-refractivity contribution in [2.45, 2.75) is 6.92 Å². The van der Waals surface area contributed by atoms with Gasteiger partial charge < -0.3 is 0 Å². The summed E-state index contributed by atoms with van der Waals surface area (Å²) in [6.45, 7) is 2.26. The molecule has 0 atom stereocenters. The highest BCUT2D eigenvalue weighted by Gasteiger charge is 1.74. The zero-order valence-corrected chi connectivity index (χ0v) is 4.68. The van der Waals surface area contributed by atoms with Crippen molar-refractivity contribution in [1.29, 1.82) is 0 Å². The molecule has 0 aromatic heterocycles. The van der Waals surface area contributed by atoms with E-state index in [-0.39, 0.29) is 0 Å². The van der Waals surface area contributed by atoms with E-state index < -0.39 is 0 Å². The number of nitrogens with one attached hydrogen (secondary N) is 1. The number of rotatable bonds is 4. The number of hydrogen-bond acceptors (Lipinski definition) is 2. The molecule has 0 spiro atoms. The molecule has 0 aliphatic heterocycles. The van der Waals surface area contributed by atoms with Gasteiger partial charge in [0, 0.05) is 0 Å². The van der Waals surface area contributed by atoms with Gasteiger partial charge in [-0.05, 0) is 6.92 Å². The highest BCUT2D eigenvalue weighted by molar-refractivity contribution is 5.44. The second-order valence-corrected chi connectivity index (χ2v) is 1.08. The number of allylic oxidation sites excluding steroid dienone is 1. The maximum atomic E-state index is 9.38. The van der Waals surface area contributed by atoms with E-state index in [0.29, 0.717) is 6.61 Å². The minimum Gasteiger partial charge on any atom is -0.269 e. The molecule has 0 aromatic rings. The lowest BCUT2D eigenvalue weighted by Crippen LogP contribution is -2.10. The molecule has 45 valence electrons. The van der Waals surface area contributed by atoms with Crippen LogP contribution in [0.3, 0.4) is 0 Å². The number of hydrogen-bond donors (Lipinski definition) is 1. The molecule has 3 nitrogen and oxygen atoms in total. The lowest BCUT2D eigenvalue weighted by molar-refractivity contribution is 0.108. The second kappa shape index (κ2) is 6.17. The maximum Gasteiger partial charge on any atom is 0.335 e. The van der Waals surface area contributed by atoms with E-state index in [0.717, 1.165) is 0 Å². The molecule has 0 bridgehead atoms. The van der Waals surface area contributed by atoms with Crippen LogP contribution in [0.1, 0.15) is 6.92 Å². The van der Waals surface area contributed by atoms with Crippen LogP contribution in [-0.4, -0.2) is 13.0 Å². The SMILES string of the molecule is CC=CCON[C]=O. The van der Waals surface area contributed by atoms with Crippen LogP contribution in [0.25, 0.3) is 0 Å². The Morgan fingerprint density at radius 3 is 3.12 bits per heavy atom. The predicted octanol–water partition coefficient (Wildman–Crippen LogP) is 0.151. The van der Waals surface area contributed by atoms with Gasteiger partial charge in [0.05, 0.1) is 6.61 Å². The quantitative estimate of drug-likeness (QED) is 0.244. The van der Waals surface area contributed by atoms with Crippen LogP contribution in [0.5, 0.6) is 0 Å². The van der Waals surface area contributed by atoms with E-state index in [1.54, 1.807) is 6.08 Å². The van der Waals surface area contributed by atoms with Gasteiger partial charge in [-0.25, -0.2) is 5.48 Å². The summed E-state index contributed by atoms with van der Waals surface area (Å²) in [6.07, 6.45) is 4.96. The highest BCUT2D eigenvalue weighted by atomic mass is 16.6. The predicted molar refractivity (Wildman–Crippen MR) is 29.6 cm³/mol. The van der Waals surface area contributed by atoms with Crippen molar-refractivity contribution < 1.29 is 9.63 Å². The maximum absolute atomic E-state index is 9.38. The third-order valence-electron chi connectivity index (χ3n) is 0.529. The molecule has 0 fully saturated rings. The smallest absolute Gasteiger partial charge is 0.269 e. The molecule has 0 saturated heterocycles. The van der Waals surface area contributed by atoms with Gasteiger partial charge in [0.25, 0.3) is 0 Å². The van der Waals surface area contributed by atoms with Crippen LogP contribution in [-0.2, 0) is 9.63 Å². The standard InChI is InChI=1S/C5H8NO2/c1-2-3-4-8-6-5-7/h2-3H,4H2,1H3,(H,6,7). The number of carbonyl (C=O) groups excluding carboxylic acids is 1. The fourth-order valence-electron chi connectivity index (χ4n) is 0.215. The minimum absolute atomic E-state index is 0.395. The summed E-state index contributed by atoms with van der Waals surface area (Å²) in [4.78, 5) is 13.8. The highest BCUT2D eigenvalue weighted by Crippen LogP contribution is 1.68. The third kappa shape index (κ3) is 5.17. The van der Waals surface area contributed by atoms with Crippen molar-refractivity contribution in [2.75, 3.05) is 6.61 Å². The van der Waals surface area contributed by atoms with E-state index in [2.05, 4.69) is 4.84 Å². The van der Waals surface area contributed by atoms with E-state index in [9.17, 15) is 4.79 Å². The first kappa shape index (κ1) is 7.17. The summed E-state index contributed by atoms with van der Waals surface area (Å²) in [5.74, 6) is 0. The van der Waals surface area contributed by atoms with Crippen molar-refractivity contribution in [3.8, 4) is 0 Å². The first-order chi connectivity index (χ1) is 3.91. The van der Waals surface area contributed by atoms with E-state index in [4.69, 9.17) is 0 Å². The molecule has 1 radical (unpaired) electrons. The van der Waals surface area contributed by atoms with E-state index in [1.165, 1.54) is 6.41 Å². The zero-order valence-electron chi connectivity index (χ0n) is 4.68. The Morgan fingerprint density at radius 2 is 2.62 bits per heavy atom. The van der Waals surface area contributed by atoms with Gasteiger partial charge in [0.15, 0.2) is 0 Å². The Morgan fingerprint density at radius 1 is 1.88 bits per heavy atom. The van der Waals surface area contributed by atoms with Crippen LogP contribution in [0.2, 0.25) is 0 Å². The van der Waals surface area contributed by atoms with Gasteiger partial charge in [-0.3, -0.25) is 9.63 Å². The summed E-state index contributed by atoms with van der Waals surface area (Å²) in [7, 11) is 0. The summed E-state index contributed by atoms with van der Waals surface area (Å²) in [5, 5.41) is 0. The van der Waals surface area contributed by atoms with Crippen molar-refractivity contribution in [1.82, 2.24) is 5.48 Å². The summed E-state index contributed by atoms with van der Waals surface area (Å²) >= 11 is 0. The number of hydroxylamine groups is 1. The minimum atomic E-state index is 0.395. The van der Waals surface area contributed by atoms with Crippen molar-refractivity contribution in [3.63, 3.8) is 0 Å². The average molecular weight is 114 g/mol. The van der Waals surface area contributed by atoms with Crippen molar-refractivity contribution in [3.05, 3.63) is 12.2 Å². The lowest BCUT2D eigenvalue weighted by atomic mass is 10.6. The molecule has 3 heteroatoms. The van der Waals surface area contributed by atoms with Crippen LogP contribution in [0.4, 0.5) is 0 Å². The van der Waals surface area contributed by atoms with Crippen LogP contribution in [0.15, 0.2) is 12.2 Å². The van der Waals surface area contributed by atoms with Crippen molar-refractivity contribution >= 4 is 6.41 Å². The molecule has 8 heavy (non-hydrogen) atoms. The molecule has 1 N–H and O–H groups in total. The van der Waals surface area contributed by atoms with Gasteiger partial charge in [-0.1, -0.05) is 12.2 Å². The van der Waals surface area contributed by atoms with Gasteiger partial charge >= 0.3 is 6.41 Å². The monoisotopic (exact) mass is 114 g/mol. The Bertz CT molecular complexity index is 80.5. The van der Waals surface area contributed by atoms with Crippen LogP contribution < -0.4 is 5.48 Å². The molecule has 0 saturated carbocycles. The Balaban J connectivity index is 2.82. The van der Waals surface area contributed by atoms with Gasteiger partial charge in [0.2, 0.25) is 0 Å². The summed E-state index contributed by atoms with van der Waals surface area (Å²) in [6, 6.07) is 0. The first-order valence-electron chi connectivity index (χ1n) is 2.27. The third-order valence-corrected chi connectivity index (χ3v) is 0.529. The fourth-order valence-corrected chi connectivity index (χ4v) is 0.215. The molecular formula is C5H8NO2. The lowest BCUT2D eigenvalue weighted by Gasteiger charge is -1.90. The second-order valence-electron chi connectivity index (χ2n) is 1.08. The Hall–Kier alpha value is -0.830. The molecule has 0 unspecified atom stereocenters. The van der Waals surface area contributed by atoms with Gasteiger partial charge in [0.1, 0.15) is 0 Å². The van der Waals surface area contributed by atoms with Crippen LogP contribution >= 0.6 is 0 Å². The van der Waals surface area contributed by atoms with Gasteiger partial charge in [-0.15, -0.1) is 0 Å². The van der Waals surface area contributed by atoms with E-state index >= 15 is 0 Å². The molecule has 0 aromatic carbocycles. The largest absolute Gasteiger partial charge is 0.335 e. The van der Waals surface area contributed by atoms with E-state index in [1.807, 2.05) is 18.5 Å². The summed E-state index contributed by atoms with van der Waals surface area (Å²) in [5.41, 5.74) is 1.93. The Labute approximate surface area is 48.3 Å². The average Bonchev–Trinajstić information content (AvgIpc) is 1.81. The first-order valence-corrected chi connectivity index (χ1v) is 2.27. The molecule has 0 aliphatic rings. The Kier molecular flexibility index (Phi) is 5.53. The molecular weight excluding hydrogens is 106 g/mol. The molecule has 0 aliphatic carbocycles.